The Morgan fingerprint density at radius 1 is 1.09 bits per heavy atom. The van der Waals surface area contributed by atoms with Crippen LogP contribution in [0.1, 0.15) is 12.1 Å². The van der Waals surface area contributed by atoms with Crippen LogP contribution in [0, 0.1) is 5.82 Å². The number of benzene rings is 1. The van der Waals surface area contributed by atoms with Crippen LogP contribution < -0.4 is 10.2 Å². The largest absolute Gasteiger partial charge is 0.349 e. The Bertz CT molecular complexity index is 1170. The summed E-state index contributed by atoms with van der Waals surface area (Å²) >= 11 is 0. The summed E-state index contributed by atoms with van der Waals surface area (Å²) in [5.41, 5.74) is 1.61. The second kappa shape index (κ2) is 7.81. The van der Waals surface area contributed by atoms with Crippen molar-refractivity contribution < 1.29 is 18.0 Å². The van der Waals surface area contributed by atoms with Gasteiger partial charge in [0.05, 0.1) is 37.2 Å². The lowest BCUT2D eigenvalue weighted by molar-refractivity contribution is 0.0257. The lowest BCUT2D eigenvalue weighted by atomic mass is 10.0. The highest BCUT2D eigenvalue weighted by molar-refractivity contribution is 5.98. The first-order chi connectivity index (χ1) is 15.4. The standard InChI is InChI=1S/C21H20F3N7O/c22-17-4-2-1-3-15(17)16-5-7-25-19(30-8-6-21(23,24)13-30)18(16)27-20(32)29-9-10-31-14(12-29)11-26-28-31/h1-5,7,11H,6,8-10,12-13H2,(H,27,32). The first-order valence-electron chi connectivity index (χ1n) is 10.2. The van der Waals surface area contributed by atoms with Gasteiger partial charge in [0.1, 0.15) is 5.82 Å². The van der Waals surface area contributed by atoms with E-state index >= 15 is 0 Å². The van der Waals surface area contributed by atoms with E-state index in [2.05, 4.69) is 20.6 Å². The summed E-state index contributed by atoms with van der Waals surface area (Å²) in [4.78, 5) is 20.4. The van der Waals surface area contributed by atoms with Crippen molar-refractivity contribution in [2.75, 3.05) is 29.9 Å². The molecule has 8 nitrogen and oxygen atoms in total. The molecule has 166 valence electrons. The summed E-state index contributed by atoms with van der Waals surface area (Å²) in [5, 5.41) is 10.6. The van der Waals surface area contributed by atoms with Crippen molar-refractivity contribution >= 4 is 17.5 Å². The molecule has 2 amide bonds. The van der Waals surface area contributed by atoms with Crippen LogP contribution in [0.5, 0.6) is 0 Å². The van der Waals surface area contributed by atoms with Gasteiger partial charge in [0.25, 0.3) is 5.92 Å². The summed E-state index contributed by atoms with van der Waals surface area (Å²) in [5.74, 6) is -3.14. The average Bonchev–Trinajstić information content (AvgIpc) is 3.39. The zero-order valence-electron chi connectivity index (χ0n) is 17.0. The second-order valence-electron chi connectivity index (χ2n) is 7.86. The number of hydrogen-bond donors (Lipinski definition) is 1. The maximum absolute atomic E-state index is 14.6. The number of nitrogens with zero attached hydrogens (tertiary/aromatic N) is 6. The number of carbonyl (C=O) groups excluding carboxylic acids is 1. The van der Waals surface area contributed by atoms with E-state index in [-0.39, 0.29) is 30.0 Å². The number of anilines is 2. The molecule has 0 saturated carbocycles. The Labute approximate surface area is 181 Å². The number of rotatable bonds is 3. The highest BCUT2D eigenvalue weighted by Crippen LogP contribution is 2.39. The molecule has 4 heterocycles. The fourth-order valence-electron chi connectivity index (χ4n) is 4.07. The van der Waals surface area contributed by atoms with Gasteiger partial charge in [-0.15, -0.1) is 5.10 Å². The van der Waals surface area contributed by atoms with Gasteiger partial charge in [0.15, 0.2) is 5.82 Å². The quantitative estimate of drug-likeness (QED) is 0.672. The molecule has 1 aromatic carbocycles. The maximum atomic E-state index is 14.6. The molecular weight excluding hydrogens is 423 g/mol. The summed E-state index contributed by atoms with van der Waals surface area (Å²) in [6.07, 6.45) is 2.72. The van der Waals surface area contributed by atoms with E-state index in [0.29, 0.717) is 25.2 Å². The summed E-state index contributed by atoms with van der Waals surface area (Å²) < 4.78 is 44.2. The van der Waals surface area contributed by atoms with Gasteiger partial charge in [0.2, 0.25) is 0 Å². The predicted octanol–water partition coefficient (Wildman–Crippen LogP) is 3.37. The monoisotopic (exact) mass is 443 g/mol. The second-order valence-corrected chi connectivity index (χ2v) is 7.86. The number of carbonyl (C=O) groups is 1. The Hall–Kier alpha value is -3.63. The van der Waals surface area contributed by atoms with Gasteiger partial charge in [-0.05, 0) is 12.1 Å². The van der Waals surface area contributed by atoms with E-state index in [1.807, 2.05) is 0 Å². The maximum Gasteiger partial charge on any atom is 0.322 e. The summed E-state index contributed by atoms with van der Waals surface area (Å²) in [7, 11) is 0. The van der Waals surface area contributed by atoms with Gasteiger partial charge in [-0.3, -0.25) is 0 Å². The first kappa shape index (κ1) is 20.3. The van der Waals surface area contributed by atoms with Crippen molar-refractivity contribution in [1.29, 1.82) is 0 Å². The van der Waals surface area contributed by atoms with Crippen LogP contribution in [0.3, 0.4) is 0 Å². The van der Waals surface area contributed by atoms with Gasteiger partial charge in [-0.2, -0.15) is 0 Å². The van der Waals surface area contributed by atoms with Gasteiger partial charge >= 0.3 is 6.03 Å². The molecule has 11 heteroatoms. The Morgan fingerprint density at radius 3 is 2.72 bits per heavy atom. The third kappa shape index (κ3) is 3.74. The molecule has 0 bridgehead atoms. The van der Waals surface area contributed by atoms with Crippen molar-refractivity contribution in [3.63, 3.8) is 0 Å². The molecule has 3 aromatic rings. The summed E-state index contributed by atoms with van der Waals surface area (Å²) in [6.45, 7) is 0.747. The van der Waals surface area contributed by atoms with Crippen LogP contribution in [-0.4, -0.2) is 56.5 Å². The van der Waals surface area contributed by atoms with Crippen molar-refractivity contribution in [3.05, 3.63) is 54.2 Å². The fourth-order valence-corrected chi connectivity index (χ4v) is 4.07. The van der Waals surface area contributed by atoms with Crippen molar-refractivity contribution in [3.8, 4) is 11.1 Å². The molecule has 0 radical (unpaired) electrons. The zero-order valence-corrected chi connectivity index (χ0v) is 17.0. The molecule has 1 saturated heterocycles. The number of urea groups is 1. The minimum absolute atomic E-state index is 0.0815. The minimum atomic E-state index is -2.85. The third-order valence-electron chi connectivity index (χ3n) is 5.72. The highest BCUT2D eigenvalue weighted by Gasteiger charge is 2.40. The van der Waals surface area contributed by atoms with Crippen molar-refractivity contribution in [2.45, 2.75) is 25.4 Å². The van der Waals surface area contributed by atoms with E-state index in [1.165, 1.54) is 17.2 Å². The number of hydrogen-bond acceptors (Lipinski definition) is 5. The molecule has 1 N–H and O–H groups in total. The van der Waals surface area contributed by atoms with Gasteiger partial charge < -0.3 is 15.1 Å². The van der Waals surface area contributed by atoms with E-state index in [4.69, 9.17) is 0 Å². The Kier molecular flexibility index (Phi) is 4.95. The SMILES string of the molecule is O=C(Nc1c(-c2ccccc2F)ccnc1N1CCC(F)(F)C1)N1CCn2nncc2C1. The highest BCUT2D eigenvalue weighted by atomic mass is 19.3. The molecule has 2 aliphatic rings. The van der Waals surface area contributed by atoms with Crippen LogP contribution in [0.4, 0.5) is 29.5 Å². The molecule has 5 rings (SSSR count). The molecule has 0 aliphatic carbocycles. The Balaban J connectivity index is 1.51. The number of amides is 2. The summed E-state index contributed by atoms with van der Waals surface area (Å²) in [6, 6.07) is 7.26. The molecule has 1 fully saturated rings. The molecule has 32 heavy (non-hydrogen) atoms. The van der Waals surface area contributed by atoms with E-state index < -0.39 is 24.3 Å². The zero-order chi connectivity index (χ0) is 22.3. The van der Waals surface area contributed by atoms with Crippen LogP contribution >= 0.6 is 0 Å². The molecule has 2 aliphatic heterocycles. The topological polar surface area (TPSA) is 79.2 Å². The van der Waals surface area contributed by atoms with E-state index in [9.17, 15) is 18.0 Å². The number of alkyl halides is 2. The Morgan fingerprint density at radius 2 is 1.94 bits per heavy atom. The number of nitrogens with one attached hydrogen (secondary N) is 1. The average molecular weight is 443 g/mol. The number of pyridine rings is 1. The number of aromatic nitrogens is 4. The molecule has 0 spiro atoms. The van der Waals surface area contributed by atoms with Crippen LogP contribution in [0.2, 0.25) is 0 Å². The first-order valence-corrected chi connectivity index (χ1v) is 10.2. The van der Waals surface area contributed by atoms with E-state index in [1.54, 1.807) is 40.0 Å². The van der Waals surface area contributed by atoms with Crippen LogP contribution in [0.15, 0.2) is 42.7 Å². The lowest BCUT2D eigenvalue weighted by Crippen LogP contribution is -2.41. The minimum Gasteiger partial charge on any atom is -0.349 e. The van der Waals surface area contributed by atoms with Crippen molar-refractivity contribution in [2.24, 2.45) is 0 Å². The van der Waals surface area contributed by atoms with Crippen LogP contribution in [0.25, 0.3) is 11.1 Å². The third-order valence-corrected chi connectivity index (χ3v) is 5.72. The molecule has 0 atom stereocenters. The van der Waals surface area contributed by atoms with Crippen molar-refractivity contribution in [1.82, 2.24) is 24.9 Å². The van der Waals surface area contributed by atoms with E-state index in [0.717, 1.165) is 5.69 Å². The van der Waals surface area contributed by atoms with Gasteiger partial charge in [0, 0.05) is 36.8 Å². The number of fused-ring (bicyclic) bond motifs is 1. The van der Waals surface area contributed by atoms with Gasteiger partial charge in [-0.1, -0.05) is 23.4 Å². The molecule has 2 aromatic heterocycles. The molecular formula is C21H20F3N7O. The predicted molar refractivity (Wildman–Crippen MR) is 111 cm³/mol. The smallest absolute Gasteiger partial charge is 0.322 e. The lowest BCUT2D eigenvalue weighted by Gasteiger charge is -2.29. The number of halogens is 3. The normalized spacial score (nSPS) is 17.3. The fraction of sp³-hybridized carbons (Fsp3) is 0.333. The molecule has 0 unspecified atom stereocenters. The van der Waals surface area contributed by atoms with Gasteiger partial charge in [-0.25, -0.2) is 27.6 Å². The van der Waals surface area contributed by atoms with Crippen LogP contribution in [-0.2, 0) is 13.1 Å².